The number of rotatable bonds is 4. The molecule has 0 saturated heterocycles. The molecule has 5 rings (SSSR count). The zero-order chi connectivity index (χ0) is 22.1. The molecule has 0 fully saturated rings. The molecule has 1 aromatic heterocycles. The summed E-state index contributed by atoms with van der Waals surface area (Å²) in [6, 6.07) is 13.9. The van der Waals surface area contributed by atoms with Gasteiger partial charge in [-0.1, -0.05) is 18.2 Å². The molecule has 0 spiro atoms. The van der Waals surface area contributed by atoms with Gasteiger partial charge in [0.15, 0.2) is 12.3 Å². The quantitative estimate of drug-likeness (QED) is 0.583. The first-order valence-corrected chi connectivity index (χ1v) is 11.0. The molecule has 1 amide bonds. The second-order valence-electron chi connectivity index (χ2n) is 8.22. The number of amides is 1. The van der Waals surface area contributed by atoms with Crippen molar-refractivity contribution in [1.29, 1.82) is 0 Å². The molecular formula is C25H24FN3O3. The van der Waals surface area contributed by atoms with Crippen molar-refractivity contribution in [2.75, 3.05) is 18.1 Å². The number of hydrogen-bond donors (Lipinski definition) is 0. The van der Waals surface area contributed by atoms with Crippen molar-refractivity contribution in [1.82, 2.24) is 9.78 Å². The number of halogens is 1. The molecular weight excluding hydrogens is 409 g/mol. The number of benzene rings is 2. The Bertz CT molecular complexity index is 1170. The minimum absolute atomic E-state index is 0.239. The summed E-state index contributed by atoms with van der Waals surface area (Å²) >= 11 is 0. The lowest BCUT2D eigenvalue weighted by Gasteiger charge is -2.29. The number of aromatic nitrogens is 2. The number of nitrogens with zero attached hydrogens (tertiary/aromatic N) is 3. The number of carbonyl (C=O) groups is 2. The van der Waals surface area contributed by atoms with E-state index >= 15 is 0 Å². The Morgan fingerprint density at radius 3 is 2.59 bits per heavy atom. The summed E-state index contributed by atoms with van der Waals surface area (Å²) in [7, 11) is 0. The molecule has 2 aromatic carbocycles. The second kappa shape index (κ2) is 8.57. The standard InChI is InChI=1S/C25H24FN3O3/c26-18-11-13-19(14-12-18)29-22-10-4-2-8-20(22)24(27-29)25(31)32-16-23(30)28-15-5-7-17-6-1-3-9-21(17)28/h1,3,6,9,11-14H,2,4-5,7-8,10,15-16H2. The van der Waals surface area contributed by atoms with Gasteiger partial charge in [-0.2, -0.15) is 5.10 Å². The average molecular weight is 433 g/mol. The lowest BCUT2D eigenvalue weighted by molar-refractivity contribution is -0.121. The maximum absolute atomic E-state index is 13.4. The van der Waals surface area contributed by atoms with Crippen LogP contribution in [0.2, 0.25) is 0 Å². The summed E-state index contributed by atoms with van der Waals surface area (Å²) < 4.78 is 20.5. The van der Waals surface area contributed by atoms with Crippen LogP contribution in [-0.2, 0) is 28.8 Å². The minimum atomic E-state index is -0.595. The zero-order valence-corrected chi connectivity index (χ0v) is 17.7. The Kier molecular flexibility index (Phi) is 5.47. The maximum atomic E-state index is 13.4. The van der Waals surface area contributed by atoms with E-state index in [4.69, 9.17) is 4.74 Å². The van der Waals surface area contributed by atoms with E-state index in [0.717, 1.165) is 61.0 Å². The number of anilines is 1. The SMILES string of the molecule is O=C(OCC(=O)N1CCCc2ccccc21)c1nn(-c2ccc(F)cc2)c2c1CCCC2. The normalized spacial score (nSPS) is 15.1. The van der Waals surface area contributed by atoms with Gasteiger partial charge in [0.05, 0.1) is 5.69 Å². The highest BCUT2D eigenvalue weighted by Gasteiger charge is 2.28. The van der Waals surface area contributed by atoms with E-state index in [-0.39, 0.29) is 24.0 Å². The predicted molar refractivity (Wildman–Crippen MR) is 118 cm³/mol. The molecule has 2 heterocycles. The van der Waals surface area contributed by atoms with E-state index < -0.39 is 5.97 Å². The third-order valence-electron chi connectivity index (χ3n) is 6.18. The smallest absolute Gasteiger partial charge is 0.359 e. The number of aryl methyl sites for hydroxylation is 1. The van der Waals surface area contributed by atoms with Gasteiger partial charge in [-0.05, 0) is 74.4 Å². The molecule has 164 valence electrons. The Hall–Kier alpha value is -3.48. The van der Waals surface area contributed by atoms with Crippen LogP contribution >= 0.6 is 0 Å². The molecule has 1 aliphatic heterocycles. The van der Waals surface area contributed by atoms with Crippen LogP contribution in [0.15, 0.2) is 48.5 Å². The van der Waals surface area contributed by atoms with Crippen molar-refractivity contribution < 1.29 is 18.7 Å². The van der Waals surface area contributed by atoms with E-state index in [1.807, 2.05) is 24.3 Å². The Balaban J connectivity index is 1.35. The number of hydrogen-bond acceptors (Lipinski definition) is 4. The van der Waals surface area contributed by atoms with Crippen LogP contribution in [0, 0.1) is 5.82 Å². The molecule has 7 heteroatoms. The van der Waals surface area contributed by atoms with Crippen molar-refractivity contribution >= 4 is 17.6 Å². The van der Waals surface area contributed by atoms with Gasteiger partial charge in [-0.25, -0.2) is 13.9 Å². The monoisotopic (exact) mass is 433 g/mol. The van der Waals surface area contributed by atoms with Crippen molar-refractivity contribution in [3.63, 3.8) is 0 Å². The van der Waals surface area contributed by atoms with Gasteiger partial charge in [-0.3, -0.25) is 4.79 Å². The zero-order valence-electron chi connectivity index (χ0n) is 17.7. The van der Waals surface area contributed by atoms with Crippen LogP contribution < -0.4 is 4.90 Å². The summed E-state index contributed by atoms with van der Waals surface area (Å²) in [5.41, 5.74) is 4.77. The first-order chi connectivity index (χ1) is 15.6. The van der Waals surface area contributed by atoms with Gasteiger partial charge in [0.1, 0.15) is 5.82 Å². The summed E-state index contributed by atoms with van der Waals surface area (Å²) in [5, 5.41) is 4.51. The third-order valence-corrected chi connectivity index (χ3v) is 6.18. The van der Waals surface area contributed by atoms with Crippen molar-refractivity contribution in [2.45, 2.75) is 38.5 Å². The molecule has 2 aliphatic rings. The van der Waals surface area contributed by atoms with Crippen LogP contribution in [0.1, 0.15) is 46.6 Å². The summed E-state index contributed by atoms with van der Waals surface area (Å²) in [6.07, 6.45) is 5.30. The average Bonchev–Trinajstić information content (AvgIpc) is 3.22. The first-order valence-electron chi connectivity index (χ1n) is 11.0. The molecule has 1 aliphatic carbocycles. The van der Waals surface area contributed by atoms with Crippen LogP contribution in [0.25, 0.3) is 5.69 Å². The minimum Gasteiger partial charge on any atom is -0.451 e. The fourth-order valence-corrected chi connectivity index (χ4v) is 4.63. The molecule has 0 N–H and O–H groups in total. The highest BCUT2D eigenvalue weighted by molar-refractivity contribution is 5.98. The van der Waals surface area contributed by atoms with Gasteiger partial charge in [0.2, 0.25) is 0 Å². The van der Waals surface area contributed by atoms with Crippen molar-refractivity contribution in [2.24, 2.45) is 0 Å². The highest BCUT2D eigenvalue weighted by Crippen LogP contribution is 2.29. The molecule has 0 radical (unpaired) electrons. The van der Waals surface area contributed by atoms with E-state index in [1.54, 1.807) is 21.7 Å². The number of esters is 1. The van der Waals surface area contributed by atoms with E-state index in [1.165, 1.54) is 12.1 Å². The largest absolute Gasteiger partial charge is 0.451 e. The van der Waals surface area contributed by atoms with Crippen molar-refractivity contribution in [3.05, 3.63) is 76.9 Å². The predicted octanol–water partition coefficient (Wildman–Crippen LogP) is 4.03. The molecule has 0 atom stereocenters. The van der Waals surface area contributed by atoms with Crippen LogP contribution in [-0.4, -0.2) is 34.8 Å². The summed E-state index contributed by atoms with van der Waals surface area (Å²) in [4.78, 5) is 27.4. The van der Waals surface area contributed by atoms with E-state index in [2.05, 4.69) is 5.10 Å². The lowest BCUT2D eigenvalue weighted by atomic mass is 9.95. The third kappa shape index (κ3) is 3.79. The number of para-hydroxylation sites is 1. The van der Waals surface area contributed by atoms with Crippen LogP contribution in [0.4, 0.5) is 10.1 Å². The number of carbonyl (C=O) groups excluding carboxylic acids is 2. The molecule has 0 unspecified atom stereocenters. The van der Waals surface area contributed by atoms with Crippen molar-refractivity contribution in [3.8, 4) is 5.69 Å². The number of ether oxygens (including phenoxy) is 1. The van der Waals surface area contributed by atoms with Gasteiger partial charge < -0.3 is 9.64 Å². The molecule has 6 nitrogen and oxygen atoms in total. The van der Waals surface area contributed by atoms with Crippen LogP contribution in [0.5, 0.6) is 0 Å². The number of fused-ring (bicyclic) bond motifs is 2. The fraction of sp³-hybridized carbons (Fsp3) is 0.320. The van der Waals surface area contributed by atoms with Gasteiger partial charge in [-0.15, -0.1) is 0 Å². The van der Waals surface area contributed by atoms with E-state index in [9.17, 15) is 14.0 Å². The second-order valence-corrected chi connectivity index (χ2v) is 8.22. The van der Waals surface area contributed by atoms with Gasteiger partial charge in [0.25, 0.3) is 5.91 Å². The summed E-state index contributed by atoms with van der Waals surface area (Å²) in [5.74, 6) is -1.16. The van der Waals surface area contributed by atoms with Gasteiger partial charge >= 0.3 is 5.97 Å². The van der Waals surface area contributed by atoms with E-state index in [0.29, 0.717) is 12.2 Å². The first kappa shape index (κ1) is 20.4. The fourth-order valence-electron chi connectivity index (χ4n) is 4.63. The molecule has 0 saturated carbocycles. The highest BCUT2D eigenvalue weighted by atomic mass is 19.1. The molecule has 32 heavy (non-hydrogen) atoms. The van der Waals surface area contributed by atoms with Gasteiger partial charge in [0, 0.05) is 23.5 Å². The maximum Gasteiger partial charge on any atom is 0.359 e. The lowest BCUT2D eigenvalue weighted by Crippen LogP contribution is -2.38. The Labute approximate surface area is 185 Å². The topological polar surface area (TPSA) is 64.4 Å². The molecule has 3 aromatic rings. The molecule has 0 bridgehead atoms. The van der Waals surface area contributed by atoms with Crippen LogP contribution in [0.3, 0.4) is 0 Å². The summed E-state index contributed by atoms with van der Waals surface area (Å²) in [6.45, 7) is 0.285. The Morgan fingerprint density at radius 1 is 0.969 bits per heavy atom. The Morgan fingerprint density at radius 2 is 1.75 bits per heavy atom.